The molecule has 0 amide bonds. The van der Waals surface area contributed by atoms with E-state index in [0.29, 0.717) is 18.3 Å². The maximum absolute atomic E-state index is 12.4. The van der Waals surface area contributed by atoms with E-state index in [1.165, 1.54) is 44.2 Å². The lowest BCUT2D eigenvalue weighted by Crippen LogP contribution is -2.40. The van der Waals surface area contributed by atoms with Gasteiger partial charge in [-0.15, -0.1) is 0 Å². The van der Waals surface area contributed by atoms with Gasteiger partial charge in [-0.25, -0.2) is 13.1 Å². The highest BCUT2D eigenvalue weighted by Crippen LogP contribution is 2.28. The molecule has 8 nitrogen and oxygen atoms in total. The van der Waals surface area contributed by atoms with Crippen molar-refractivity contribution in [3.63, 3.8) is 0 Å². The highest BCUT2D eigenvalue weighted by atomic mass is 32.2. The Bertz CT molecular complexity index is 769. The van der Waals surface area contributed by atoms with E-state index in [2.05, 4.69) is 15.4 Å². The van der Waals surface area contributed by atoms with Crippen molar-refractivity contribution in [1.82, 2.24) is 10.0 Å². The number of benzene rings is 1. The number of anilines is 1. The monoisotopic (exact) mass is 412 g/mol. The first-order valence-corrected chi connectivity index (χ1v) is 11.4. The maximum Gasteiger partial charge on any atom is 0.293 e. The second-order valence-electron chi connectivity index (χ2n) is 8.36. The molecule has 0 radical (unpaired) electrons. The van der Waals surface area contributed by atoms with Gasteiger partial charge in [0.1, 0.15) is 5.69 Å². The van der Waals surface area contributed by atoms with Gasteiger partial charge in [-0.05, 0) is 58.7 Å². The average Bonchev–Trinajstić information content (AvgIpc) is 2.60. The third-order valence-electron chi connectivity index (χ3n) is 4.62. The van der Waals surface area contributed by atoms with E-state index in [-0.39, 0.29) is 10.6 Å². The van der Waals surface area contributed by atoms with Crippen molar-refractivity contribution in [3.8, 4) is 0 Å². The van der Waals surface area contributed by atoms with Crippen LogP contribution in [0.5, 0.6) is 0 Å². The van der Waals surface area contributed by atoms with Crippen LogP contribution in [0, 0.1) is 10.1 Å². The quantitative estimate of drug-likeness (QED) is 0.325. The molecule has 1 aromatic rings. The molecule has 1 aromatic carbocycles. The minimum atomic E-state index is -3.82. The molecule has 0 heterocycles. The lowest BCUT2D eigenvalue weighted by atomic mass is 9.95. The number of nitro groups is 1. The number of nitrogens with zero attached hydrogens (tertiary/aromatic N) is 1. The summed E-state index contributed by atoms with van der Waals surface area (Å²) >= 11 is 0. The molecule has 0 saturated heterocycles. The lowest BCUT2D eigenvalue weighted by Gasteiger charge is -2.22. The second kappa shape index (κ2) is 9.67. The molecule has 1 aliphatic rings. The molecule has 0 aromatic heterocycles. The van der Waals surface area contributed by atoms with Crippen molar-refractivity contribution in [3.05, 3.63) is 28.3 Å². The molecular formula is C19H32N4O4S. The Labute approximate surface area is 167 Å². The van der Waals surface area contributed by atoms with Gasteiger partial charge in [0.05, 0.1) is 9.82 Å². The number of hydrogen-bond acceptors (Lipinski definition) is 6. The van der Waals surface area contributed by atoms with Crippen molar-refractivity contribution < 1.29 is 13.3 Å². The van der Waals surface area contributed by atoms with Gasteiger partial charge in [-0.2, -0.15) is 0 Å². The summed E-state index contributed by atoms with van der Waals surface area (Å²) < 4.78 is 27.4. The fraction of sp³-hybridized carbons (Fsp3) is 0.684. The minimum absolute atomic E-state index is 0.112. The van der Waals surface area contributed by atoms with Gasteiger partial charge in [0.25, 0.3) is 5.69 Å². The van der Waals surface area contributed by atoms with Gasteiger partial charge in [0.2, 0.25) is 10.0 Å². The summed E-state index contributed by atoms with van der Waals surface area (Å²) in [5, 5.41) is 18.0. The molecule has 158 valence electrons. The fourth-order valence-corrected chi connectivity index (χ4v) is 4.80. The molecule has 0 bridgehead atoms. The Hall–Kier alpha value is -1.71. The number of nitro benzene ring substituents is 1. The van der Waals surface area contributed by atoms with E-state index >= 15 is 0 Å². The number of rotatable bonds is 9. The maximum atomic E-state index is 12.4. The van der Waals surface area contributed by atoms with Gasteiger partial charge in [-0.3, -0.25) is 10.1 Å². The number of hydrogen-bond donors (Lipinski definition) is 3. The van der Waals surface area contributed by atoms with Crippen molar-refractivity contribution in [2.75, 3.05) is 18.4 Å². The van der Waals surface area contributed by atoms with Crippen LogP contribution < -0.4 is 15.4 Å². The van der Waals surface area contributed by atoms with Crippen LogP contribution in [-0.4, -0.2) is 38.0 Å². The van der Waals surface area contributed by atoms with E-state index in [0.717, 1.165) is 19.0 Å². The zero-order chi connectivity index (χ0) is 20.8. The van der Waals surface area contributed by atoms with Crippen LogP contribution in [-0.2, 0) is 10.0 Å². The van der Waals surface area contributed by atoms with Crippen LogP contribution in [0.4, 0.5) is 11.4 Å². The topological polar surface area (TPSA) is 113 Å². The first-order valence-electron chi connectivity index (χ1n) is 9.88. The second-order valence-corrected chi connectivity index (χ2v) is 10.0. The van der Waals surface area contributed by atoms with Gasteiger partial charge < -0.3 is 10.6 Å². The summed E-state index contributed by atoms with van der Waals surface area (Å²) in [7, 11) is -3.82. The molecule has 28 heavy (non-hydrogen) atoms. The van der Waals surface area contributed by atoms with Gasteiger partial charge in [-0.1, -0.05) is 19.3 Å². The summed E-state index contributed by atoms with van der Waals surface area (Å²) in [6.07, 6.45) is 7.15. The normalized spacial score (nSPS) is 16.1. The molecule has 1 fully saturated rings. The average molecular weight is 413 g/mol. The third kappa shape index (κ3) is 7.03. The zero-order valence-corrected chi connectivity index (χ0v) is 17.8. The predicted octanol–water partition coefficient (Wildman–Crippen LogP) is 3.40. The Morgan fingerprint density at radius 3 is 2.43 bits per heavy atom. The standard InChI is InChI=1S/C19H32N4O4S/c1-19(2,3)22-28(26,27)16-10-11-17(18(14-16)23(24)25)21-13-7-12-20-15-8-5-4-6-9-15/h10-11,14-15,20-22H,4-9,12-13H2,1-3H3. The Morgan fingerprint density at radius 2 is 1.82 bits per heavy atom. The Morgan fingerprint density at radius 1 is 1.14 bits per heavy atom. The first kappa shape index (κ1) is 22.6. The fourth-order valence-electron chi connectivity index (χ4n) is 3.37. The van der Waals surface area contributed by atoms with E-state index in [1.54, 1.807) is 20.8 Å². The molecule has 1 aliphatic carbocycles. The van der Waals surface area contributed by atoms with Crippen molar-refractivity contribution in [2.24, 2.45) is 0 Å². The van der Waals surface area contributed by atoms with E-state index < -0.39 is 20.5 Å². The van der Waals surface area contributed by atoms with Crippen LogP contribution in [0.15, 0.2) is 23.1 Å². The number of sulfonamides is 1. The summed E-state index contributed by atoms with van der Waals surface area (Å²) in [5.41, 5.74) is -0.579. The molecule has 0 unspecified atom stereocenters. The van der Waals surface area contributed by atoms with Crippen molar-refractivity contribution in [1.29, 1.82) is 0 Å². The SMILES string of the molecule is CC(C)(C)NS(=O)(=O)c1ccc(NCCCNC2CCCCC2)c([N+](=O)[O-])c1. The number of nitrogens with one attached hydrogen (secondary N) is 3. The molecule has 3 N–H and O–H groups in total. The highest BCUT2D eigenvalue weighted by Gasteiger charge is 2.25. The Balaban J connectivity index is 1.96. The molecule has 1 saturated carbocycles. The van der Waals surface area contributed by atoms with Crippen LogP contribution in [0.3, 0.4) is 0 Å². The molecule has 2 rings (SSSR count). The Kier molecular flexibility index (Phi) is 7.79. The summed E-state index contributed by atoms with van der Waals surface area (Å²) in [6.45, 7) is 6.59. The van der Waals surface area contributed by atoms with Crippen LogP contribution >= 0.6 is 0 Å². The van der Waals surface area contributed by atoms with Crippen LogP contribution in [0.25, 0.3) is 0 Å². The van der Waals surface area contributed by atoms with Crippen molar-refractivity contribution >= 4 is 21.4 Å². The summed E-state index contributed by atoms with van der Waals surface area (Å²) in [5.74, 6) is 0. The highest BCUT2D eigenvalue weighted by molar-refractivity contribution is 7.89. The van der Waals surface area contributed by atoms with Gasteiger partial charge >= 0.3 is 0 Å². The molecule has 9 heteroatoms. The third-order valence-corrected chi connectivity index (χ3v) is 6.38. The van der Waals surface area contributed by atoms with E-state index in [9.17, 15) is 18.5 Å². The molecule has 0 aliphatic heterocycles. The molecular weight excluding hydrogens is 380 g/mol. The van der Waals surface area contributed by atoms with E-state index in [1.807, 2.05) is 0 Å². The lowest BCUT2D eigenvalue weighted by molar-refractivity contribution is -0.384. The predicted molar refractivity (Wildman–Crippen MR) is 111 cm³/mol. The summed E-state index contributed by atoms with van der Waals surface area (Å²) in [4.78, 5) is 10.8. The van der Waals surface area contributed by atoms with Crippen molar-refractivity contribution in [2.45, 2.75) is 75.8 Å². The van der Waals surface area contributed by atoms with Crippen LogP contribution in [0.2, 0.25) is 0 Å². The van der Waals surface area contributed by atoms with Crippen LogP contribution in [0.1, 0.15) is 59.3 Å². The van der Waals surface area contributed by atoms with Gasteiger partial charge in [0.15, 0.2) is 0 Å². The smallest absolute Gasteiger partial charge is 0.293 e. The van der Waals surface area contributed by atoms with E-state index in [4.69, 9.17) is 0 Å². The minimum Gasteiger partial charge on any atom is -0.379 e. The molecule has 0 atom stereocenters. The van der Waals surface area contributed by atoms with Gasteiger partial charge in [0, 0.05) is 24.2 Å². The molecule has 0 spiro atoms. The summed E-state index contributed by atoms with van der Waals surface area (Å²) in [6, 6.07) is 4.55. The largest absolute Gasteiger partial charge is 0.379 e. The first-order chi connectivity index (χ1) is 13.1. The zero-order valence-electron chi connectivity index (χ0n) is 17.0.